The molecule has 296 valence electrons. The highest BCUT2D eigenvalue weighted by atomic mass is 32.1. The fraction of sp³-hybridized carbons (Fsp3) is 0. The lowest BCUT2D eigenvalue weighted by atomic mass is 9.84. The second kappa shape index (κ2) is 13.7. The molecule has 2 heteroatoms. The van der Waals surface area contributed by atoms with Crippen LogP contribution in [0.3, 0.4) is 0 Å². The molecule has 0 bridgehead atoms. The lowest BCUT2D eigenvalue weighted by Gasteiger charge is -2.19. The Bertz CT molecular complexity index is 4130. The fourth-order valence-corrected chi connectivity index (χ4v) is 12.3. The lowest BCUT2D eigenvalue weighted by molar-refractivity contribution is 0.669. The topological polar surface area (TPSA) is 13.1 Å². The van der Waals surface area contributed by atoms with Crippen molar-refractivity contribution in [3.05, 3.63) is 218 Å². The van der Waals surface area contributed by atoms with Gasteiger partial charge in [-0.2, -0.15) is 0 Å². The Morgan fingerprint density at radius 1 is 0.281 bits per heavy atom. The molecule has 0 unspecified atom stereocenters. The summed E-state index contributed by atoms with van der Waals surface area (Å²) in [4.78, 5) is 0. The van der Waals surface area contributed by atoms with E-state index in [-0.39, 0.29) is 0 Å². The molecule has 2 heterocycles. The monoisotopic (exact) mass is 828 g/mol. The molecule has 0 atom stereocenters. The summed E-state index contributed by atoms with van der Waals surface area (Å²) in [5.41, 5.74) is 11.9. The van der Waals surface area contributed by atoms with Crippen LogP contribution in [0.25, 0.3) is 140 Å². The van der Waals surface area contributed by atoms with Crippen molar-refractivity contribution in [1.82, 2.24) is 0 Å². The minimum absolute atomic E-state index is 0.906. The SMILES string of the molecule is c1ccc(-c2c3ccccc3c(-c3cccc4c3sc3cccc(-c5c6ccccc6c(-c6ccc7oc8ccc9ccccc9c8c7c6)c6ccccc56)c34)c3ccccc23)cc1. The van der Waals surface area contributed by atoms with Gasteiger partial charge < -0.3 is 4.42 Å². The van der Waals surface area contributed by atoms with Gasteiger partial charge in [-0.25, -0.2) is 0 Å². The molecule has 0 aliphatic carbocycles. The standard InChI is InChI=1S/C62H36OS/c1-2-17-38(18-3-1)56-41-20-6-12-26-47(41)59(48-27-13-7-21-42(48)56)50-29-14-30-51-61-49(28-15-31-55(61)64-62(50)51)58-45-24-10-8-22-43(45)57(44-23-9-11-25-46(44)58)39-33-34-53-52(36-39)60-40-19-5-4-16-37(40)32-35-54(60)63-53/h1-36H. The maximum atomic E-state index is 6.47. The van der Waals surface area contributed by atoms with E-state index in [2.05, 4.69) is 218 Å². The third-order valence-corrected chi connectivity index (χ3v) is 14.8. The van der Waals surface area contributed by atoms with Gasteiger partial charge in [0.2, 0.25) is 0 Å². The Kier molecular flexibility index (Phi) is 7.63. The first-order valence-electron chi connectivity index (χ1n) is 22.0. The van der Waals surface area contributed by atoms with E-state index in [9.17, 15) is 0 Å². The molecule has 0 aliphatic rings. The van der Waals surface area contributed by atoms with Crippen molar-refractivity contribution in [1.29, 1.82) is 0 Å². The van der Waals surface area contributed by atoms with Gasteiger partial charge in [0.05, 0.1) is 0 Å². The molecule has 0 saturated carbocycles. The summed E-state index contributed by atoms with van der Waals surface area (Å²) in [6.07, 6.45) is 0. The van der Waals surface area contributed by atoms with Crippen LogP contribution in [0.2, 0.25) is 0 Å². The summed E-state index contributed by atoms with van der Waals surface area (Å²) < 4.78 is 9.07. The van der Waals surface area contributed by atoms with Crippen LogP contribution in [0.15, 0.2) is 223 Å². The van der Waals surface area contributed by atoms with E-state index in [1.165, 1.54) is 124 Å². The summed E-state index contributed by atoms with van der Waals surface area (Å²) in [7, 11) is 0. The first kappa shape index (κ1) is 35.5. The number of thiophene rings is 1. The molecule has 64 heavy (non-hydrogen) atoms. The molecule has 0 saturated heterocycles. The van der Waals surface area contributed by atoms with E-state index >= 15 is 0 Å². The molecule has 14 aromatic rings. The van der Waals surface area contributed by atoms with Gasteiger partial charge in [0.25, 0.3) is 0 Å². The first-order chi connectivity index (χ1) is 31.8. The van der Waals surface area contributed by atoms with Crippen molar-refractivity contribution >= 4 is 107 Å². The summed E-state index contributed by atoms with van der Waals surface area (Å²) in [6.45, 7) is 0. The minimum atomic E-state index is 0.906. The van der Waals surface area contributed by atoms with Crippen LogP contribution in [0.4, 0.5) is 0 Å². The predicted octanol–water partition coefficient (Wildman–Crippen LogP) is 18.4. The second-order valence-corrected chi connectivity index (χ2v) is 18.0. The van der Waals surface area contributed by atoms with Crippen LogP contribution in [0, 0.1) is 0 Å². The van der Waals surface area contributed by atoms with E-state index in [1.54, 1.807) is 0 Å². The zero-order valence-corrected chi connectivity index (χ0v) is 35.4. The number of hydrogen-bond acceptors (Lipinski definition) is 2. The van der Waals surface area contributed by atoms with Gasteiger partial charge in [-0.1, -0.05) is 194 Å². The van der Waals surface area contributed by atoms with Crippen LogP contribution >= 0.6 is 11.3 Å². The van der Waals surface area contributed by atoms with Crippen molar-refractivity contribution < 1.29 is 4.42 Å². The molecule has 0 N–H and O–H groups in total. The fourth-order valence-electron chi connectivity index (χ4n) is 11.0. The highest BCUT2D eigenvalue weighted by molar-refractivity contribution is 7.26. The third-order valence-electron chi connectivity index (χ3n) is 13.6. The third kappa shape index (κ3) is 5.06. The predicted molar refractivity (Wildman–Crippen MR) is 276 cm³/mol. The van der Waals surface area contributed by atoms with Crippen molar-refractivity contribution in [2.75, 3.05) is 0 Å². The van der Waals surface area contributed by atoms with Gasteiger partial charge in [0.1, 0.15) is 11.2 Å². The molecule has 2 aromatic heterocycles. The maximum Gasteiger partial charge on any atom is 0.136 e. The largest absolute Gasteiger partial charge is 0.456 e. The molecule has 0 aliphatic heterocycles. The molecule has 1 nitrogen and oxygen atoms in total. The molecular weight excluding hydrogens is 793 g/mol. The van der Waals surface area contributed by atoms with Crippen molar-refractivity contribution in [3.8, 4) is 44.5 Å². The molecule has 0 spiro atoms. The van der Waals surface area contributed by atoms with Crippen LogP contribution in [0.5, 0.6) is 0 Å². The molecule has 12 aromatic carbocycles. The highest BCUT2D eigenvalue weighted by Gasteiger charge is 2.23. The van der Waals surface area contributed by atoms with Gasteiger partial charge in [0.15, 0.2) is 0 Å². The van der Waals surface area contributed by atoms with E-state index in [1.807, 2.05) is 11.3 Å². The summed E-state index contributed by atoms with van der Waals surface area (Å²) in [5.74, 6) is 0. The average Bonchev–Trinajstić information content (AvgIpc) is 3.94. The van der Waals surface area contributed by atoms with E-state index in [4.69, 9.17) is 4.42 Å². The Labute approximate surface area is 372 Å². The smallest absolute Gasteiger partial charge is 0.136 e. The van der Waals surface area contributed by atoms with Gasteiger partial charge >= 0.3 is 0 Å². The molecule has 14 rings (SSSR count). The lowest BCUT2D eigenvalue weighted by Crippen LogP contribution is -1.91. The van der Waals surface area contributed by atoms with Crippen LogP contribution in [-0.4, -0.2) is 0 Å². The highest BCUT2D eigenvalue weighted by Crippen LogP contribution is 2.52. The number of rotatable bonds is 4. The van der Waals surface area contributed by atoms with Gasteiger partial charge in [-0.15, -0.1) is 11.3 Å². The Balaban J connectivity index is 1.04. The van der Waals surface area contributed by atoms with E-state index < -0.39 is 0 Å². The van der Waals surface area contributed by atoms with Crippen molar-refractivity contribution in [2.45, 2.75) is 0 Å². The number of furan rings is 1. The quantitative estimate of drug-likeness (QED) is 0.161. The zero-order chi connectivity index (χ0) is 41.9. The number of benzene rings is 12. The van der Waals surface area contributed by atoms with Crippen LogP contribution in [-0.2, 0) is 0 Å². The van der Waals surface area contributed by atoms with Crippen molar-refractivity contribution in [3.63, 3.8) is 0 Å². The van der Waals surface area contributed by atoms with Gasteiger partial charge in [-0.05, 0) is 117 Å². The molecular formula is C62H36OS. The van der Waals surface area contributed by atoms with Crippen LogP contribution < -0.4 is 0 Å². The Morgan fingerprint density at radius 3 is 1.41 bits per heavy atom. The molecule has 0 amide bonds. The molecule has 0 fully saturated rings. The molecule has 0 radical (unpaired) electrons. The minimum Gasteiger partial charge on any atom is -0.456 e. The number of fused-ring (bicyclic) bond motifs is 12. The summed E-state index contributed by atoms with van der Waals surface area (Å²) >= 11 is 1.92. The Morgan fingerprint density at radius 2 is 0.766 bits per heavy atom. The Hall–Kier alpha value is -8.04. The zero-order valence-electron chi connectivity index (χ0n) is 34.6. The maximum absolute atomic E-state index is 6.47. The summed E-state index contributed by atoms with van der Waals surface area (Å²) in [6, 6.07) is 80.4. The normalized spacial score (nSPS) is 12.1. The second-order valence-electron chi connectivity index (χ2n) is 17.0. The van der Waals surface area contributed by atoms with Gasteiger partial charge in [0, 0.05) is 36.5 Å². The van der Waals surface area contributed by atoms with E-state index in [0.717, 1.165) is 16.6 Å². The van der Waals surface area contributed by atoms with Crippen LogP contribution in [0.1, 0.15) is 0 Å². The average molecular weight is 829 g/mol. The first-order valence-corrected chi connectivity index (χ1v) is 22.8. The van der Waals surface area contributed by atoms with E-state index in [0.29, 0.717) is 0 Å². The summed E-state index contributed by atoms with van der Waals surface area (Å²) in [5, 5.41) is 17.4. The number of hydrogen-bond donors (Lipinski definition) is 0. The van der Waals surface area contributed by atoms with Gasteiger partial charge in [-0.3, -0.25) is 0 Å². The van der Waals surface area contributed by atoms with Crippen molar-refractivity contribution in [2.24, 2.45) is 0 Å².